The first kappa shape index (κ1) is 13.1. The molecule has 0 spiro atoms. The van der Waals surface area contributed by atoms with Crippen molar-refractivity contribution in [1.82, 2.24) is 5.32 Å². The van der Waals surface area contributed by atoms with Crippen LogP contribution in [0.25, 0.3) is 0 Å². The van der Waals surface area contributed by atoms with Crippen molar-refractivity contribution in [2.45, 2.75) is 25.9 Å². The fourth-order valence-electron chi connectivity index (χ4n) is 2.43. The molecule has 5 nitrogen and oxygen atoms in total. The van der Waals surface area contributed by atoms with Crippen LogP contribution in [0.15, 0.2) is 18.2 Å². The molecule has 6 heteroatoms. The zero-order valence-electron chi connectivity index (χ0n) is 10.4. The third-order valence-corrected chi connectivity index (χ3v) is 3.27. The van der Waals surface area contributed by atoms with Crippen molar-refractivity contribution < 1.29 is 4.92 Å². The van der Waals surface area contributed by atoms with Crippen molar-refractivity contribution in [3.8, 4) is 0 Å². The van der Waals surface area contributed by atoms with Crippen molar-refractivity contribution in [1.29, 1.82) is 0 Å². The summed E-state index contributed by atoms with van der Waals surface area (Å²) in [4.78, 5) is 12.7. The molecule has 1 aliphatic heterocycles. The molecule has 1 fully saturated rings. The van der Waals surface area contributed by atoms with Gasteiger partial charge in [-0.1, -0.05) is 11.6 Å². The predicted octanol–water partition coefficient (Wildman–Crippen LogP) is 2.43. The largest absolute Gasteiger partial charge is 0.363 e. The first-order valence-corrected chi connectivity index (χ1v) is 6.30. The van der Waals surface area contributed by atoms with E-state index in [1.54, 1.807) is 12.1 Å². The summed E-state index contributed by atoms with van der Waals surface area (Å²) in [5.41, 5.74) is 0.716. The highest BCUT2D eigenvalue weighted by Gasteiger charge is 2.26. The van der Waals surface area contributed by atoms with Gasteiger partial charge in [0.05, 0.1) is 4.92 Å². The lowest BCUT2D eigenvalue weighted by Gasteiger charge is -2.37. The van der Waals surface area contributed by atoms with E-state index in [4.69, 9.17) is 11.6 Å². The molecule has 1 saturated heterocycles. The molecule has 2 rings (SSSR count). The van der Waals surface area contributed by atoms with Crippen molar-refractivity contribution in [3.63, 3.8) is 0 Å². The first-order valence-electron chi connectivity index (χ1n) is 5.92. The molecule has 1 N–H and O–H groups in total. The minimum Gasteiger partial charge on any atom is -0.363 e. The second kappa shape index (κ2) is 5.12. The molecule has 1 aromatic carbocycles. The van der Waals surface area contributed by atoms with Crippen molar-refractivity contribution in [3.05, 3.63) is 33.3 Å². The Morgan fingerprint density at radius 2 is 2.00 bits per heavy atom. The normalized spacial score (nSPS) is 24.1. The number of hydrogen-bond acceptors (Lipinski definition) is 4. The number of benzene rings is 1. The maximum Gasteiger partial charge on any atom is 0.294 e. The topological polar surface area (TPSA) is 58.4 Å². The summed E-state index contributed by atoms with van der Waals surface area (Å²) in [6.07, 6.45) is 0. The lowest BCUT2D eigenvalue weighted by atomic mass is 10.1. The lowest BCUT2D eigenvalue weighted by Crippen LogP contribution is -2.54. The van der Waals surface area contributed by atoms with Crippen LogP contribution < -0.4 is 10.2 Å². The van der Waals surface area contributed by atoms with Gasteiger partial charge in [0, 0.05) is 36.3 Å². The Bertz CT molecular complexity index is 457. The van der Waals surface area contributed by atoms with E-state index < -0.39 is 0 Å². The van der Waals surface area contributed by atoms with Gasteiger partial charge in [-0.05, 0) is 26.0 Å². The Hall–Kier alpha value is -1.33. The summed E-state index contributed by atoms with van der Waals surface area (Å²) in [7, 11) is 0. The van der Waals surface area contributed by atoms with Gasteiger partial charge in [-0.25, -0.2) is 0 Å². The maximum absolute atomic E-state index is 11.1. The zero-order chi connectivity index (χ0) is 13.3. The van der Waals surface area contributed by atoms with Gasteiger partial charge < -0.3 is 10.2 Å². The zero-order valence-corrected chi connectivity index (χ0v) is 11.1. The third-order valence-electron chi connectivity index (χ3n) is 3.03. The average molecular weight is 270 g/mol. The molecule has 1 aromatic rings. The van der Waals surface area contributed by atoms with Gasteiger partial charge >= 0.3 is 0 Å². The Morgan fingerprint density at radius 3 is 2.56 bits per heavy atom. The number of nitrogens with zero attached hydrogens (tertiary/aromatic N) is 2. The van der Waals surface area contributed by atoms with Crippen LogP contribution in [0.1, 0.15) is 13.8 Å². The first-order chi connectivity index (χ1) is 8.47. The van der Waals surface area contributed by atoms with Gasteiger partial charge in [-0.15, -0.1) is 0 Å². The van der Waals surface area contributed by atoms with Crippen LogP contribution in [-0.2, 0) is 0 Å². The predicted molar refractivity (Wildman–Crippen MR) is 72.4 cm³/mol. The molecule has 0 radical (unpaired) electrons. The molecule has 1 heterocycles. The van der Waals surface area contributed by atoms with E-state index in [0.29, 0.717) is 22.8 Å². The van der Waals surface area contributed by atoms with Crippen LogP contribution in [0.2, 0.25) is 5.02 Å². The molecule has 1 aliphatic rings. The Labute approximate surface area is 111 Å². The number of anilines is 1. The number of nitro groups is 1. The monoisotopic (exact) mass is 269 g/mol. The molecular formula is C12H16ClN3O2. The van der Waals surface area contributed by atoms with Crippen molar-refractivity contribution >= 4 is 23.0 Å². The Kier molecular flexibility index (Phi) is 3.73. The lowest BCUT2D eigenvalue weighted by molar-refractivity contribution is -0.384. The Morgan fingerprint density at radius 1 is 1.39 bits per heavy atom. The van der Waals surface area contributed by atoms with E-state index in [1.807, 2.05) is 4.90 Å². The quantitative estimate of drug-likeness (QED) is 0.662. The third kappa shape index (κ3) is 2.73. The molecule has 0 aromatic heterocycles. The average Bonchev–Trinajstić information content (AvgIpc) is 2.27. The number of piperazine rings is 1. The van der Waals surface area contributed by atoms with E-state index in [-0.39, 0.29) is 10.6 Å². The van der Waals surface area contributed by atoms with Crippen LogP contribution in [0.3, 0.4) is 0 Å². The summed E-state index contributed by atoms with van der Waals surface area (Å²) in [6.45, 7) is 5.66. The molecule has 18 heavy (non-hydrogen) atoms. The van der Waals surface area contributed by atoms with E-state index >= 15 is 0 Å². The summed E-state index contributed by atoms with van der Waals surface area (Å²) in [6, 6.07) is 5.45. The van der Waals surface area contributed by atoms with Crippen molar-refractivity contribution in [2.24, 2.45) is 0 Å². The summed E-state index contributed by atoms with van der Waals surface area (Å²) in [5.74, 6) is 0. The molecule has 0 saturated carbocycles. The maximum atomic E-state index is 11.1. The number of nitro benzene ring substituents is 1. The van der Waals surface area contributed by atoms with Gasteiger partial charge in [0.2, 0.25) is 0 Å². The van der Waals surface area contributed by atoms with Gasteiger partial charge in [0.1, 0.15) is 5.69 Å². The number of halogens is 1. The molecule has 0 unspecified atom stereocenters. The molecule has 0 amide bonds. The summed E-state index contributed by atoms with van der Waals surface area (Å²) < 4.78 is 0. The van der Waals surface area contributed by atoms with Crippen LogP contribution in [0.4, 0.5) is 11.4 Å². The number of rotatable bonds is 2. The molecule has 0 aliphatic carbocycles. The smallest absolute Gasteiger partial charge is 0.294 e. The van der Waals surface area contributed by atoms with Crippen LogP contribution in [0.5, 0.6) is 0 Å². The second-order valence-corrected chi connectivity index (χ2v) is 5.20. The molecule has 0 bridgehead atoms. The summed E-state index contributed by atoms with van der Waals surface area (Å²) in [5, 5.41) is 14.9. The standard InChI is InChI=1S/C12H16ClN3O2/c1-8-6-15(7-9(2)14-8)11-4-3-10(13)5-12(11)16(17)18/h3-5,8-9,14H,6-7H2,1-2H3/t8-,9+. The fourth-order valence-corrected chi connectivity index (χ4v) is 2.60. The van der Waals surface area contributed by atoms with E-state index in [1.165, 1.54) is 6.07 Å². The second-order valence-electron chi connectivity index (χ2n) is 4.76. The summed E-state index contributed by atoms with van der Waals surface area (Å²) >= 11 is 5.82. The molecule has 2 atom stereocenters. The van der Waals surface area contributed by atoms with Gasteiger partial charge in [0.25, 0.3) is 5.69 Å². The van der Waals surface area contributed by atoms with Crippen LogP contribution in [0, 0.1) is 10.1 Å². The SMILES string of the molecule is C[C@@H]1CN(c2ccc(Cl)cc2[N+](=O)[O-])C[C@H](C)N1. The highest BCUT2D eigenvalue weighted by Crippen LogP contribution is 2.31. The van der Waals surface area contributed by atoms with Gasteiger partial charge in [-0.2, -0.15) is 0 Å². The van der Waals surface area contributed by atoms with E-state index in [0.717, 1.165) is 13.1 Å². The number of nitrogens with one attached hydrogen (secondary N) is 1. The molecule has 98 valence electrons. The van der Waals surface area contributed by atoms with Crippen molar-refractivity contribution in [2.75, 3.05) is 18.0 Å². The minimum atomic E-state index is -0.376. The minimum absolute atomic E-state index is 0.0730. The highest BCUT2D eigenvalue weighted by molar-refractivity contribution is 6.30. The highest BCUT2D eigenvalue weighted by atomic mass is 35.5. The van der Waals surface area contributed by atoms with E-state index in [9.17, 15) is 10.1 Å². The molecular weight excluding hydrogens is 254 g/mol. The number of hydrogen-bond donors (Lipinski definition) is 1. The van der Waals surface area contributed by atoms with E-state index in [2.05, 4.69) is 19.2 Å². The van der Waals surface area contributed by atoms with Gasteiger partial charge in [-0.3, -0.25) is 10.1 Å². The van der Waals surface area contributed by atoms with Crippen LogP contribution >= 0.6 is 11.6 Å². The Balaban J connectivity index is 2.35. The van der Waals surface area contributed by atoms with Gasteiger partial charge in [0.15, 0.2) is 0 Å². The van der Waals surface area contributed by atoms with Crippen LogP contribution in [-0.4, -0.2) is 30.1 Å². The fraction of sp³-hybridized carbons (Fsp3) is 0.500.